The van der Waals surface area contributed by atoms with E-state index >= 15 is 0 Å². The highest BCUT2D eigenvalue weighted by Gasteiger charge is 2.19. The van der Waals surface area contributed by atoms with Gasteiger partial charge in [-0.25, -0.2) is 10.5 Å². The molecular formula is C28H27N5O3. The first-order chi connectivity index (χ1) is 17.5. The molecule has 8 heteroatoms. The number of rotatable bonds is 4. The van der Waals surface area contributed by atoms with E-state index in [1.807, 2.05) is 24.3 Å². The molecule has 5 rings (SSSR count). The number of nitrogens with zero attached hydrogens (tertiary/aromatic N) is 3. The summed E-state index contributed by atoms with van der Waals surface area (Å²) in [6.45, 7) is 3.82. The van der Waals surface area contributed by atoms with E-state index in [0.717, 1.165) is 65.3 Å². The number of hydroxylamine groups is 1. The van der Waals surface area contributed by atoms with Gasteiger partial charge in [0.25, 0.3) is 5.91 Å². The summed E-state index contributed by atoms with van der Waals surface area (Å²) in [4.78, 5) is 24.5. The standard InChI is InChI=1S/C28H27N5O3/c1-32-13-15-33(16-14-32)26-18-25-24(17-22(26)6-3-19-4-11-23(36-2)12-5-19)29-27(30-25)20-7-9-21(10-8-20)28(34)31-35/h4-5,7-12,17-18,35H,13-16H2,1-2H3,(H,29,30)(H,31,34). The van der Waals surface area contributed by atoms with Crippen molar-refractivity contribution in [3.05, 3.63) is 77.4 Å². The van der Waals surface area contributed by atoms with Crippen LogP contribution in [0.1, 0.15) is 21.5 Å². The van der Waals surface area contributed by atoms with Crippen molar-refractivity contribution in [2.45, 2.75) is 0 Å². The topological polar surface area (TPSA) is 93.7 Å². The van der Waals surface area contributed by atoms with E-state index in [1.54, 1.807) is 36.9 Å². The summed E-state index contributed by atoms with van der Waals surface area (Å²) in [6, 6.07) is 18.8. The minimum atomic E-state index is -0.553. The Bertz CT molecular complexity index is 1440. The number of aromatic nitrogens is 2. The number of anilines is 1. The molecule has 4 aromatic rings. The van der Waals surface area contributed by atoms with Gasteiger partial charge in [0.2, 0.25) is 0 Å². The lowest BCUT2D eigenvalue weighted by atomic mass is 10.1. The maximum absolute atomic E-state index is 11.6. The van der Waals surface area contributed by atoms with Gasteiger partial charge >= 0.3 is 0 Å². The summed E-state index contributed by atoms with van der Waals surface area (Å²) in [5.74, 6) is 7.62. The van der Waals surface area contributed by atoms with E-state index in [0.29, 0.717) is 11.4 Å². The maximum atomic E-state index is 11.6. The Kier molecular flexibility index (Phi) is 6.58. The van der Waals surface area contributed by atoms with Crippen LogP contribution in [0.25, 0.3) is 22.4 Å². The first-order valence-electron chi connectivity index (χ1n) is 11.7. The number of benzene rings is 3. The molecule has 0 radical (unpaired) electrons. The van der Waals surface area contributed by atoms with E-state index < -0.39 is 5.91 Å². The first kappa shape index (κ1) is 23.4. The molecule has 1 aromatic heterocycles. The number of methoxy groups -OCH3 is 1. The third-order valence-electron chi connectivity index (χ3n) is 6.40. The molecule has 3 aromatic carbocycles. The number of hydrogen-bond donors (Lipinski definition) is 3. The van der Waals surface area contributed by atoms with Crippen molar-refractivity contribution in [2.75, 3.05) is 45.2 Å². The number of carbonyl (C=O) groups excluding carboxylic acids is 1. The van der Waals surface area contributed by atoms with Gasteiger partial charge in [-0.3, -0.25) is 10.0 Å². The molecule has 0 saturated carbocycles. The second-order valence-corrected chi connectivity index (χ2v) is 8.76. The van der Waals surface area contributed by atoms with Crippen LogP contribution in [0.2, 0.25) is 0 Å². The summed E-state index contributed by atoms with van der Waals surface area (Å²) < 4.78 is 5.25. The second-order valence-electron chi connectivity index (χ2n) is 8.76. The van der Waals surface area contributed by atoms with E-state index in [2.05, 4.69) is 45.8 Å². The molecule has 0 atom stereocenters. The summed E-state index contributed by atoms with van der Waals surface area (Å²) in [7, 11) is 3.79. The Hall–Kier alpha value is -4.32. The van der Waals surface area contributed by atoms with Crippen molar-refractivity contribution in [2.24, 2.45) is 0 Å². The average molecular weight is 482 g/mol. The highest BCUT2D eigenvalue weighted by molar-refractivity contribution is 5.94. The van der Waals surface area contributed by atoms with Crippen molar-refractivity contribution >= 4 is 22.6 Å². The highest BCUT2D eigenvalue weighted by Crippen LogP contribution is 2.29. The second kappa shape index (κ2) is 10.1. The zero-order valence-corrected chi connectivity index (χ0v) is 20.2. The van der Waals surface area contributed by atoms with Crippen LogP contribution < -0.4 is 15.1 Å². The maximum Gasteiger partial charge on any atom is 0.274 e. The molecule has 36 heavy (non-hydrogen) atoms. The molecule has 1 aliphatic heterocycles. The van der Waals surface area contributed by atoms with Gasteiger partial charge < -0.3 is 19.5 Å². The molecule has 0 unspecified atom stereocenters. The summed E-state index contributed by atoms with van der Waals surface area (Å²) in [5.41, 5.74) is 7.52. The molecular weight excluding hydrogens is 454 g/mol. The van der Waals surface area contributed by atoms with Crippen LogP contribution in [-0.2, 0) is 0 Å². The smallest absolute Gasteiger partial charge is 0.274 e. The minimum Gasteiger partial charge on any atom is -0.497 e. The molecule has 8 nitrogen and oxygen atoms in total. The predicted molar refractivity (Wildman–Crippen MR) is 139 cm³/mol. The van der Waals surface area contributed by atoms with Crippen LogP contribution in [-0.4, -0.2) is 66.3 Å². The molecule has 1 amide bonds. The zero-order valence-electron chi connectivity index (χ0n) is 20.2. The molecule has 3 N–H and O–H groups in total. The van der Waals surface area contributed by atoms with E-state index in [-0.39, 0.29) is 0 Å². The van der Waals surface area contributed by atoms with Gasteiger partial charge in [-0.05, 0) is 55.6 Å². The van der Waals surface area contributed by atoms with E-state index in [1.165, 1.54) is 0 Å². The van der Waals surface area contributed by atoms with Crippen LogP contribution in [0.3, 0.4) is 0 Å². The third-order valence-corrected chi connectivity index (χ3v) is 6.40. The fourth-order valence-electron chi connectivity index (χ4n) is 4.25. The van der Waals surface area contributed by atoms with Crippen LogP contribution in [0.4, 0.5) is 5.69 Å². The summed E-state index contributed by atoms with van der Waals surface area (Å²) in [5, 5.41) is 8.84. The molecule has 2 heterocycles. The average Bonchev–Trinajstić information content (AvgIpc) is 3.35. The normalized spacial score (nSPS) is 13.8. The van der Waals surface area contributed by atoms with Gasteiger partial charge in [-0.2, -0.15) is 0 Å². The van der Waals surface area contributed by atoms with Crippen molar-refractivity contribution < 1.29 is 14.7 Å². The molecule has 1 saturated heterocycles. The fraction of sp³-hybridized carbons (Fsp3) is 0.214. The lowest BCUT2D eigenvalue weighted by molar-refractivity contribution is 0.0706. The highest BCUT2D eigenvalue weighted by atomic mass is 16.5. The Labute approximate surface area is 209 Å². The lowest BCUT2D eigenvalue weighted by Crippen LogP contribution is -2.44. The summed E-state index contributed by atoms with van der Waals surface area (Å²) >= 11 is 0. The van der Waals surface area contributed by atoms with Crippen molar-refractivity contribution in [3.8, 4) is 29.0 Å². The van der Waals surface area contributed by atoms with Crippen molar-refractivity contribution in [1.29, 1.82) is 0 Å². The Morgan fingerprint density at radius 1 is 1.03 bits per heavy atom. The summed E-state index contributed by atoms with van der Waals surface area (Å²) in [6.07, 6.45) is 0. The minimum absolute atomic E-state index is 0.366. The number of H-pyrrole nitrogens is 1. The van der Waals surface area contributed by atoms with Gasteiger partial charge in [-0.15, -0.1) is 0 Å². The number of nitrogens with one attached hydrogen (secondary N) is 2. The molecule has 0 spiro atoms. The van der Waals surface area contributed by atoms with E-state index in [4.69, 9.17) is 14.9 Å². The van der Waals surface area contributed by atoms with Gasteiger partial charge in [0.05, 0.1) is 29.4 Å². The number of likely N-dealkylation sites (N-methyl/N-ethyl adjacent to an activating group) is 1. The SMILES string of the molecule is COc1ccc(C#Cc2cc3[nH]c(-c4ccc(C(=O)NO)cc4)nc3cc2N2CCN(C)CC2)cc1. The number of hydrogen-bond acceptors (Lipinski definition) is 6. The van der Waals surface area contributed by atoms with Crippen LogP contribution in [0.5, 0.6) is 5.75 Å². The number of ether oxygens (including phenoxy) is 1. The van der Waals surface area contributed by atoms with Crippen LogP contribution >= 0.6 is 0 Å². The number of imidazole rings is 1. The number of aromatic amines is 1. The third kappa shape index (κ3) is 4.89. The fourth-order valence-corrected chi connectivity index (χ4v) is 4.25. The molecule has 0 aliphatic carbocycles. The zero-order chi connectivity index (χ0) is 25.1. The number of fused-ring (bicyclic) bond motifs is 1. The Morgan fingerprint density at radius 2 is 1.75 bits per heavy atom. The number of amides is 1. The molecule has 1 fully saturated rings. The molecule has 0 bridgehead atoms. The predicted octanol–water partition coefficient (Wildman–Crippen LogP) is 3.51. The van der Waals surface area contributed by atoms with Gasteiger partial charge in [0.15, 0.2) is 0 Å². The van der Waals surface area contributed by atoms with Crippen molar-refractivity contribution in [1.82, 2.24) is 20.3 Å². The number of piperazine rings is 1. The van der Waals surface area contributed by atoms with Crippen LogP contribution in [0, 0.1) is 11.8 Å². The lowest BCUT2D eigenvalue weighted by Gasteiger charge is -2.34. The monoisotopic (exact) mass is 481 g/mol. The molecule has 182 valence electrons. The first-order valence-corrected chi connectivity index (χ1v) is 11.7. The Morgan fingerprint density at radius 3 is 2.42 bits per heavy atom. The largest absolute Gasteiger partial charge is 0.497 e. The number of carbonyl (C=O) groups is 1. The molecule has 1 aliphatic rings. The van der Waals surface area contributed by atoms with Crippen molar-refractivity contribution in [3.63, 3.8) is 0 Å². The van der Waals surface area contributed by atoms with Crippen LogP contribution in [0.15, 0.2) is 60.7 Å². The Balaban J connectivity index is 1.53. The quantitative estimate of drug-likeness (QED) is 0.235. The van der Waals surface area contributed by atoms with Gasteiger partial charge in [0.1, 0.15) is 11.6 Å². The van der Waals surface area contributed by atoms with Gasteiger partial charge in [-0.1, -0.05) is 24.0 Å². The van der Waals surface area contributed by atoms with Gasteiger partial charge in [0, 0.05) is 42.9 Å². The van der Waals surface area contributed by atoms with E-state index in [9.17, 15) is 4.79 Å².